The van der Waals surface area contributed by atoms with Gasteiger partial charge in [0.15, 0.2) is 4.90 Å². The summed E-state index contributed by atoms with van der Waals surface area (Å²) in [7, 11) is 0. The van der Waals surface area contributed by atoms with E-state index in [9.17, 15) is 9.35 Å². The Balaban J connectivity index is 2.19. The Kier molecular flexibility index (Phi) is 3.30. The van der Waals surface area contributed by atoms with Crippen LogP contribution in [0.25, 0.3) is 5.70 Å². The summed E-state index contributed by atoms with van der Waals surface area (Å²) in [4.78, 5) is 13.0. The number of carbonyl (C=O) groups excluding carboxylic acids is 1. The third-order valence-corrected chi connectivity index (χ3v) is 4.99. The van der Waals surface area contributed by atoms with Crippen LogP contribution in [0.4, 0.5) is 0 Å². The van der Waals surface area contributed by atoms with Gasteiger partial charge in [-0.15, -0.1) is 0 Å². The highest BCUT2D eigenvalue weighted by Gasteiger charge is 2.41. The second kappa shape index (κ2) is 4.98. The number of halogens is 1. The second-order valence-electron chi connectivity index (χ2n) is 4.32. The Hall–Kier alpha value is -1.75. The third kappa shape index (κ3) is 1.93. The lowest BCUT2D eigenvalue weighted by Gasteiger charge is -2.09. The van der Waals surface area contributed by atoms with Crippen molar-refractivity contribution in [1.82, 2.24) is 0 Å². The average molecular weight is 304 g/mol. The van der Waals surface area contributed by atoms with Crippen LogP contribution in [0.2, 0.25) is 5.02 Å². The van der Waals surface area contributed by atoms with Gasteiger partial charge in [0, 0.05) is 16.7 Å². The molecule has 0 aromatic heterocycles. The molecule has 1 atom stereocenters. The summed E-state index contributed by atoms with van der Waals surface area (Å²) in [6, 6.07) is 13.7. The highest BCUT2D eigenvalue weighted by molar-refractivity contribution is 7.97. The predicted octanol–water partition coefficient (Wildman–Crippen LogP) is 2.97. The summed E-state index contributed by atoms with van der Waals surface area (Å²) >= 11 is 4.52. The van der Waals surface area contributed by atoms with Gasteiger partial charge in [-0.2, -0.15) is 0 Å². The van der Waals surface area contributed by atoms with E-state index in [1.54, 1.807) is 48.5 Å². The molecule has 2 aromatic carbocycles. The largest absolute Gasteiger partial charge is 0.606 e. The SMILES string of the molecule is NC(=C1C(=O)c2ccccc2[S+]1[O-])c1ccccc1Cl. The quantitative estimate of drug-likeness (QED) is 0.650. The number of rotatable bonds is 1. The molecule has 0 saturated carbocycles. The minimum Gasteiger partial charge on any atom is -0.606 e. The Bertz CT molecular complexity index is 742. The molecule has 3 rings (SSSR count). The van der Waals surface area contributed by atoms with Gasteiger partial charge in [0.05, 0.1) is 10.6 Å². The standard InChI is InChI=1S/C15H10ClNO2S/c16-11-7-3-1-5-9(11)13(17)15-14(18)10-6-2-4-8-12(10)20(15)19/h1-8H,17H2. The zero-order chi connectivity index (χ0) is 14.3. The first-order valence-corrected chi connectivity index (χ1v) is 7.44. The Labute approximate surface area is 124 Å². The molecule has 0 bridgehead atoms. The molecule has 2 aromatic rings. The molecule has 3 nitrogen and oxygen atoms in total. The van der Waals surface area contributed by atoms with Crippen LogP contribution in [0.15, 0.2) is 58.3 Å². The lowest BCUT2D eigenvalue weighted by Crippen LogP contribution is -2.11. The molecular weight excluding hydrogens is 294 g/mol. The molecule has 2 N–H and O–H groups in total. The van der Waals surface area contributed by atoms with Crippen molar-refractivity contribution in [3.8, 4) is 0 Å². The van der Waals surface area contributed by atoms with Crippen LogP contribution in [-0.4, -0.2) is 10.3 Å². The summed E-state index contributed by atoms with van der Waals surface area (Å²) < 4.78 is 12.4. The first-order valence-electron chi connectivity index (χ1n) is 5.91. The Morgan fingerprint density at radius 1 is 1.10 bits per heavy atom. The molecule has 0 spiro atoms. The van der Waals surface area contributed by atoms with Crippen molar-refractivity contribution < 1.29 is 9.35 Å². The van der Waals surface area contributed by atoms with E-state index in [0.29, 0.717) is 21.0 Å². The summed E-state index contributed by atoms with van der Waals surface area (Å²) in [5.74, 6) is -0.295. The summed E-state index contributed by atoms with van der Waals surface area (Å²) in [6.45, 7) is 0. The van der Waals surface area contributed by atoms with Crippen LogP contribution >= 0.6 is 11.6 Å². The van der Waals surface area contributed by atoms with Crippen molar-refractivity contribution in [3.05, 3.63) is 69.6 Å². The molecule has 1 aliphatic heterocycles. The van der Waals surface area contributed by atoms with Crippen molar-refractivity contribution in [1.29, 1.82) is 0 Å². The number of fused-ring (bicyclic) bond motifs is 1. The fourth-order valence-electron chi connectivity index (χ4n) is 2.16. The predicted molar refractivity (Wildman–Crippen MR) is 79.7 cm³/mol. The molecule has 5 heteroatoms. The third-order valence-electron chi connectivity index (χ3n) is 3.13. The van der Waals surface area contributed by atoms with Crippen molar-refractivity contribution in [2.24, 2.45) is 5.73 Å². The molecule has 0 aliphatic carbocycles. The maximum atomic E-state index is 12.4. The van der Waals surface area contributed by atoms with Gasteiger partial charge in [0.2, 0.25) is 10.7 Å². The molecule has 20 heavy (non-hydrogen) atoms. The molecule has 0 amide bonds. The zero-order valence-electron chi connectivity index (χ0n) is 10.3. The molecule has 100 valence electrons. The van der Waals surface area contributed by atoms with Gasteiger partial charge in [-0.3, -0.25) is 4.79 Å². The number of benzene rings is 2. The molecule has 1 heterocycles. The summed E-state index contributed by atoms with van der Waals surface area (Å²) in [5.41, 5.74) is 7.19. The van der Waals surface area contributed by atoms with Gasteiger partial charge in [-0.25, -0.2) is 0 Å². The normalized spacial score (nSPS) is 19.9. The number of allylic oxidation sites excluding steroid dienone is 1. The Morgan fingerprint density at radius 3 is 2.45 bits per heavy atom. The van der Waals surface area contributed by atoms with Crippen LogP contribution < -0.4 is 5.73 Å². The maximum absolute atomic E-state index is 12.4. The van der Waals surface area contributed by atoms with E-state index >= 15 is 0 Å². The van der Waals surface area contributed by atoms with Crippen LogP contribution in [0.1, 0.15) is 15.9 Å². The highest BCUT2D eigenvalue weighted by Crippen LogP contribution is 2.37. The molecule has 1 aliphatic rings. The van der Waals surface area contributed by atoms with Crippen LogP contribution in [-0.2, 0) is 11.2 Å². The number of carbonyl (C=O) groups is 1. The first-order chi connectivity index (χ1) is 9.61. The topological polar surface area (TPSA) is 66.2 Å². The lowest BCUT2D eigenvalue weighted by atomic mass is 10.1. The van der Waals surface area contributed by atoms with Gasteiger partial charge in [-0.1, -0.05) is 41.9 Å². The van der Waals surface area contributed by atoms with E-state index in [0.717, 1.165) is 0 Å². The number of nitrogens with two attached hydrogens (primary N) is 1. The molecular formula is C15H10ClNO2S. The number of hydrogen-bond donors (Lipinski definition) is 1. The van der Waals surface area contributed by atoms with E-state index in [2.05, 4.69) is 0 Å². The fourth-order valence-corrected chi connectivity index (χ4v) is 3.76. The van der Waals surface area contributed by atoms with Crippen LogP contribution in [0, 0.1) is 0 Å². The van der Waals surface area contributed by atoms with Crippen molar-refractivity contribution in [2.75, 3.05) is 0 Å². The van der Waals surface area contributed by atoms with Gasteiger partial charge in [0.1, 0.15) is 5.70 Å². The number of Topliss-reactive ketones (excluding diaryl/α,β-unsaturated/α-hetero) is 1. The monoisotopic (exact) mass is 303 g/mol. The molecule has 1 unspecified atom stereocenters. The summed E-state index contributed by atoms with van der Waals surface area (Å²) in [5, 5.41) is 0.429. The van der Waals surface area contributed by atoms with Crippen molar-refractivity contribution >= 4 is 34.3 Å². The van der Waals surface area contributed by atoms with Crippen LogP contribution in [0.3, 0.4) is 0 Å². The second-order valence-corrected chi connectivity index (χ2v) is 6.11. The Morgan fingerprint density at radius 2 is 1.75 bits per heavy atom. The lowest BCUT2D eigenvalue weighted by molar-refractivity contribution is 0.104. The molecule has 0 fully saturated rings. The van der Waals surface area contributed by atoms with Gasteiger partial charge in [-0.05, 0) is 18.2 Å². The van der Waals surface area contributed by atoms with E-state index in [1.807, 2.05) is 0 Å². The van der Waals surface area contributed by atoms with Crippen molar-refractivity contribution in [2.45, 2.75) is 4.90 Å². The van der Waals surface area contributed by atoms with Gasteiger partial charge in [0.25, 0.3) is 0 Å². The van der Waals surface area contributed by atoms with E-state index in [-0.39, 0.29) is 16.4 Å². The minimum atomic E-state index is -1.56. The number of hydrogen-bond acceptors (Lipinski definition) is 3. The van der Waals surface area contributed by atoms with Gasteiger partial charge < -0.3 is 10.3 Å². The zero-order valence-corrected chi connectivity index (χ0v) is 11.9. The molecule has 0 radical (unpaired) electrons. The average Bonchev–Trinajstić information content (AvgIpc) is 2.71. The van der Waals surface area contributed by atoms with E-state index in [4.69, 9.17) is 17.3 Å². The number of ketones is 1. The smallest absolute Gasteiger partial charge is 0.248 e. The maximum Gasteiger partial charge on any atom is 0.248 e. The van der Waals surface area contributed by atoms with Crippen molar-refractivity contribution in [3.63, 3.8) is 0 Å². The summed E-state index contributed by atoms with van der Waals surface area (Å²) in [6.07, 6.45) is 0. The first kappa shape index (κ1) is 13.2. The highest BCUT2D eigenvalue weighted by atomic mass is 35.5. The van der Waals surface area contributed by atoms with Gasteiger partial charge >= 0.3 is 0 Å². The van der Waals surface area contributed by atoms with E-state index < -0.39 is 11.2 Å². The molecule has 0 saturated heterocycles. The van der Waals surface area contributed by atoms with Crippen LogP contribution in [0.5, 0.6) is 0 Å². The minimum absolute atomic E-state index is 0.110. The van der Waals surface area contributed by atoms with E-state index in [1.165, 1.54) is 0 Å². The fraction of sp³-hybridized carbons (Fsp3) is 0.